The SMILES string of the molecule is O=C(CCC1CCCC1)Nc1nncs1. The summed E-state index contributed by atoms with van der Waals surface area (Å²) in [5.41, 5.74) is 1.62. The van der Waals surface area contributed by atoms with Crippen molar-refractivity contribution < 1.29 is 4.79 Å². The Balaban J connectivity index is 1.68. The minimum absolute atomic E-state index is 0.0682. The van der Waals surface area contributed by atoms with E-state index in [4.69, 9.17) is 0 Å². The van der Waals surface area contributed by atoms with Crippen molar-refractivity contribution in [2.45, 2.75) is 38.5 Å². The minimum atomic E-state index is 0.0682. The van der Waals surface area contributed by atoms with Crippen LogP contribution in [0.5, 0.6) is 0 Å². The van der Waals surface area contributed by atoms with Crippen molar-refractivity contribution in [1.29, 1.82) is 0 Å². The average Bonchev–Trinajstić information content (AvgIpc) is 2.86. The molecule has 1 heterocycles. The molecule has 0 unspecified atom stereocenters. The van der Waals surface area contributed by atoms with E-state index >= 15 is 0 Å². The Hall–Kier alpha value is -0.970. The third kappa shape index (κ3) is 3.27. The van der Waals surface area contributed by atoms with Crippen LogP contribution in [-0.4, -0.2) is 16.1 Å². The van der Waals surface area contributed by atoms with Crippen molar-refractivity contribution in [3.63, 3.8) is 0 Å². The molecule has 1 aromatic rings. The van der Waals surface area contributed by atoms with Crippen molar-refractivity contribution in [3.8, 4) is 0 Å². The maximum Gasteiger partial charge on any atom is 0.226 e. The van der Waals surface area contributed by atoms with Gasteiger partial charge in [-0.3, -0.25) is 4.79 Å². The zero-order valence-electron chi connectivity index (χ0n) is 8.61. The van der Waals surface area contributed by atoms with E-state index in [-0.39, 0.29) is 5.91 Å². The van der Waals surface area contributed by atoms with Crippen molar-refractivity contribution in [2.24, 2.45) is 5.92 Å². The first kappa shape index (κ1) is 10.5. The third-order valence-electron chi connectivity index (χ3n) is 2.86. The number of rotatable bonds is 4. The summed E-state index contributed by atoms with van der Waals surface area (Å²) in [5.74, 6) is 0.837. The molecule has 0 radical (unpaired) electrons. The first-order valence-electron chi connectivity index (χ1n) is 5.40. The number of carbonyl (C=O) groups is 1. The molecule has 0 aromatic carbocycles. The highest BCUT2D eigenvalue weighted by Gasteiger charge is 2.16. The average molecular weight is 225 g/mol. The van der Waals surface area contributed by atoms with Crippen LogP contribution in [0, 0.1) is 5.92 Å². The number of nitrogens with one attached hydrogen (secondary N) is 1. The number of hydrogen-bond donors (Lipinski definition) is 1. The lowest BCUT2D eigenvalue weighted by atomic mass is 10.0. The Morgan fingerprint density at radius 2 is 2.33 bits per heavy atom. The number of aromatic nitrogens is 2. The van der Waals surface area contributed by atoms with E-state index < -0.39 is 0 Å². The van der Waals surface area contributed by atoms with Crippen LogP contribution in [0.25, 0.3) is 0 Å². The molecule has 82 valence electrons. The van der Waals surface area contributed by atoms with Crippen LogP contribution >= 0.6 is 11.3 Å². The molecule has 1 saturated carbocycles. The second-order valence-electron chi connectivity index (χ2n) is 3.98. The number of amides is 1. The van der Waals surface area contributed by atoms with Gasteiger partial charge in [0.2, 0.25) is 11.0 Å². The van der Waals surface area contributed by atoms with Gasteiger partial charge in [0.05, 0.1) is 0 Å². The molecule has 1 aliphatic rings. The van der Waals surface area contributed by atoms with E-state index in [2.05, 4.69) is 15.5 Å². The lowest BCUT2D eigenvalue weighted by Crippen LogP contribution is -2.12. The molecule has 1 fully saturated rings. The smallest absolute Gasteiger partial charge is 0.226 e. The van der Waals surface area contributed by atoms with Crippen molar-refractivity contribution in [2.75, 3.05) is 5.32 Å². The maximum atomic E-state index is 11.5. The Morgan fingerprint density at radius 3 is 3.00 bits per heavy atom. The van der Waals surface area contributed by atoms with Crippen molar-refractivity contribution >= 4 is 22.4 Å². The van der Waals surface area contributed by atoms with Crippen molar-refractivity contribution in [1.82, 2.24) is 10.2 Å². The summed E-state index contributed by atoms with van der Waals surface area (Å²) in [5, 5.41) is 10.8. The molecule has 0 atom stereocenters. The predicted molar refractivity (Wildman–Crippen MR) is 59.7 cm³/mol. The largest absolute Gasteiger partial charge is 0.301 e. The monoisotopic (exact) mass is 225 g/mol. The molecule has 1 amide bonds. The normalized spacial score (nSPS) is 16.8. The first-order valence-corrected chi connectivity index (χ1v) is 6.28. The first-order chi connectivity index (χ1) is 7.34. The quantitative estimate of drug-likeness (QED) is 0.856. The molecule has 0 bridgehead atoms. The van der Waals surface area contributed by atoms with Gasteiger partial charge in [-0.05, 0) is 12.3 Å². The van der Waals surface area contributed by atoms with Gasteiger partial charge in [-0.15, -0.1) is 10.2 Å². The maximum absolute atomic E-state index is 11.5. The predicted octanol–water partition coefficient (Wildman–Crippen LogP) is 2.45. The standard InChI is InChI=1S/C10H15N3OS/c14-9(12-10-13-11-7-15-10)6-5-8-3-1-2-4-8/h7-8H,1-6H2,(H,12,13,14). The molecule has 5 heteroatoms. The molecular weight excluding hydrogens is 210 g/mol. The van der Waals surface area contributed by atoms with Gasteiger partial charge in [0.25, 0.3) is 0 Å². The Bertz CT molecular complexity index is 306. The number of hydrogen-bond acceptors (Lipinski definition) is 4. The fourth-order valence-electron chi connectivity index (χ4n) is 2.04. The molecule has 1 N–H and O–H groups in total. The number of anilines is 1. The molecule has 0 aliphatic heterocycles. The summed E-state index contributed by atoms with van der Waals surface area (Å²) >= 11 is 1.36. The molecule has 0 spiro atoms. The van der Waals surface area contributed by atoms with Gasteiger partial charge >= 0.3 is 0 Å². The Morgan fingerprint density at radius 1 is 1.53 bits per heavy atom. The van der Waals surface area contributed by atoms with Gasteiger partial charge in [-0.1, -0.05) is 37.0 Å². The topological polar surface area (TPSA) is 54.9 Å². The molecule has 1 aromatic heterocycles. The minimum Gasteiger partial charge on any atom is -0.301 e. The Labute approximate surface area is 93.1 Å². The van der Waals surface area contributed by atoms with Gasteiger partial charge < -0.3 is 5.32 Å². The molecule has 0 saturated heterocycles. The Kier molecular flexibility index (Phi) is 3.66. The summed E-state index contributed by atoms with van der Waals surface area (Å²) in [6, 6.07) is 0. The lowest BCUT2D eigenvalue weighted by molar-refractivity contribution is -0.116. The van der Waals surface area contributed by atoms with Crippen LogP contribution in [0.15, 0.2) is 5.51 Å². The second-order valence-corrected chi connectivity index (χ2v) is 4.81. The zero-order valence-corrected chi connectivity index (χ0v) is 9.42. The van der Waals surface area contributed by atoms with E-state index in [9.17, 15) is 4.79 Å². The zero-order chi connectivity index (χ0) is 10.5. The molecule has 1 aliphatic carbocycles. The number of carbonyl (C=O) groups excluding carboxylic acids is 1. The fraction of sp³-hybridized carbons (Fsp3) is 0.700. The van der Waals surface area contributed by atoms with E-state index in [0.29, 0.717) is 11.6 Å². The van der Waals surface area contributed by atoms with Gasteiger partial charge in [0, 0.05) is 6.42 Å². The van der Waals surface area contributed by atoms with Crippen LogP contribution in [0.2, 0.25) is 0 Å². The van der Waals surface area contributed by atoms with Gasteiger partial charge in [-0.2, -0.15) is 0 Å². The highest BCUT2D eigenvalue weighted by molar-refractivity contribution is 7.13. The summed E-state index contributed by atoms with van der Waals surface area (Å²) in [6.45, 7) is 0. The molecular formula is C10H15N3OS. The second kappa shape index (κ2) is 5.21. The van der Waals surface area contributed by atoms with Crippen LogP contribution in [-0.2, 0) is 4.79 Å². The third-order valence-corrected chi connectivity index (χ3v) is 3.47. The van der Waals surface area contributed by atoms with E-state index in [1.807, 2.05) is 0 Å². The molecule has 15 heavy (non-hydrogen) atoms. The van der Waals surface area contributed by atoms with Crippen LogP contribution in [0.4, 0.5) is 5.13 Å². The van der Waals surface area contributed by atoms with Crippen LogP contribution in [0.1, 0.15) is 38.5 Å². The highest BCUT2D eigenvalue weighted by atomic mass is 32.1. The molecule has 2 rings (SSSR count). The lowest BCUT2D eigenvalue weighted by Gasteiger charge is -2.07. The molecule has 4 nitrogen and oxygen atoms in total. The summed E-state index contributed by atoms with van der Waals surface area (Å²) < 4.78 is 0. The number of nitrogens with zero attached hydrogens (tertiary/aromatic N) is 2. The summed E-state index contributed by atoms with van der Waals surface area (Å²) in [7, 11) is 0. The highest BCUT2D eigenvalue weighted by Crippen LogP contribution is 2.28. The van der Waals surface area contributed by atoms with Gasteiger partial charge in [0.1, 0.15) is 5.51 Å². The van der Waals surface area contributed by atoms with Crippen LogP contribution < -0.4 is 5.32 Å². The van der Waals surface area contributed by atoms with E-state index in [1.165, 1.54) is 37.0 Å². The van der Waals surface area contributed by atoms with E-state index in [0.717, 1.165) is 12.3 Å². The van der Waals surface area contributed by atoms with Gasteiger partial charge in [0.15, 0.2) is 0 Å². The van der Waals surface area contributed by atoms with E-state index in [1.54, 1.807) is 5.51 Å². The summed E-state index contributed by atoms with van der Waals surface area (Å²) in [6.07, 6.45) is 6.90. The summed E-state index contributed by atoms with van der Waals surface area (Å²) in [4.78, 5) is 11.5. The van der Waals surface area contributed by atoms with Gasteiger partial charge in [-0.25, -0.2) is 0 Å². The fourth-order valence-corrected chi connectivity index (χ4v) is 2.50. The van der Waals surface area contributed by atoms with Crippen LogP contribution in [0.3, 0.4) is 0 Å². The van der Waals surface area contributed by atoms with Crippen molar-refractivity contribution in [3.05, 3.63) is 5.51 Å².